The molecule has 0 aliphatic carbocycles. The molecule has 6 heterocycles. The first-order chi connectivity index (χ1) is 29.1. The van der Waals surface area contributed by atoms with Gasteiger partial charge in [-0.05, 0) is 92.1 Å². The lowest BCUT2D eigenvalue weighted by molar-refractivity contribution is -0.130. The van der Waals surface area contributed by atoms with E-state index >= 15 is 0 Å². The molecule has 304 valence electrons. The van der Waals surface area contributed by atoms with Crippen LogP contribution in [0.2, 0.25) is 0 Å². The van der Waals surface area contributed by atoms with Crippen LogP contribution in [0.5, 0.6) is 11.5 Å². The molecule has 60 heavy (non-hydrogen) atoms. The van der Waals surface area contributed by atoms with E-state index in [0.29, 0.717) is 90.6 Å². The highest BCUT2D eigenvalue weighted by atomic mass is 16.5. The molecule has 2 aliphatic rings. The molecule has 2 aromatic carbocycles. The first kappa shape index (κ1) is 39.4. The molecule has 2 fully saturated rings. The number of nitrogens with two attached hydrogens (primary N) is 1. The van der Waals surface area contributed by atoms with Crippen molar-refractivity contribution >= 4 is 45.5 Å². The van der Waals surface area contributed by atoms with Crippen molar-refractivity contribution in [2.75, 3.05) is 58.0 Å². The minimum Gasteiger partial charge on any atom is -0.497 e. The van der Waals surface area contributed by atoms with Gasteiger partial charge in [0.05, 0.1) is 37.1 Å². The van der Waals surface area contributed by atoms with Crippen LogP contribution in [-0.2, 0) is 9.59 Å². The third kappa shape index (κ3) is 8.00. The number of fused-ring (bicyclic) bond motifs is 2. The summed E-state index contributed by atoms with van der Waals surface area (Å²) in [5.74, 6) is 14.9. The Morgan fingerprint density at radius 1 is 0.783 bits per heavy atom. The maximum Gasteiger partial charge on any atom is 0.246 e. The zero-order valence-electron chi connectivity index (χ0n) is 33.9. The normalized spacial score (nSPS) is 16.0. The number of benzene rings is 2. The van der Waals surface area contributed by atoms with Gasteiger partial charge in [-0.15, -0.1) is 0 Å². The monoisotopic (exact) mass is 804 g/mol. The first-order valence-corrected chi connectivity index (χ1v) is 19.6. The Balaban J connectivity index is 1.00. The predicted octanol–water partition coefficient (Wildman–Crippen LogP) is 4.22. The highest BCUT2D eigenvalue weighted by Crippen LogP contribution is 2.31. The molecule has 0 spiro atoms. The fraction of sp³-hybridized carbons (Fsp3) is 0.318. The van der Waals surface area contributed by atoms with Crippen LogP contribution in [0.4, 0.5) is 11.6 Å². The lowest BCUT2D eigenvalue weighted by atomic mass is 10.1. The fourth-order valence-corrected chi connectivity index (χ4v) is 7.81. The van der Waals surface area contributed by atoms with Gasteiger partial charge in [-0.1, -0.05) is 18.4 Å². The maximum absolute atomic E-state index is 13.7. The number of aryl methyl sites for hydroxylation is 2. The predicted molar refractivity (Wildman–Crippen MR) is 226 cm³/mol. The van der Waals surface area contributed by atoms with E-state index in [4.69, 9.17) is 25.4 Å². The van der Waals surface area contributed by atoms with Crippen molar-refractivity contribution < 1.29 is 19.1 Å². The van der Waals surface area contributed by atoms with E-state index in [1.165, 1.54) is 18.7 Å². The van der Waals surface area contributed by atoms with Crippen molar-refractivity contribution in [3.8, 4) is 35.2 Å². The molecule has 8 rings (SSSR count). The number of methoxy groups -OCH3 is 2. The SMILES string of the molecule is C=CC(=O)N1CC[C@H](n2nc(C#Cc3cc(C)cc(OC)c3)c3c(NCCC(=O)N4CC[C@H](n5nc(C#Cc6cc(C)cc(OC)c6)c6c(N)ncnc65)C4)ncnc32)C1. The molecule has 3 N–H and O–H groups in total. The molecular formula is C44H44N12O4. The van der Waals surface area contributed by atoms with Gasteiger partial charge in [-0.25, -0.2) is 29.3 Å². The number of nitrogens with one attached hydrogen (secondary N) is 1. The number of rotatable bonds is 9. The van der Waals surface area contributed by atoms with Gasteiger partial charge in [-0.3, -0.25) is 9.59 Å². The molecule has 0 radical (unpaired) electrons. The number of nitrogen functional groups attached to an aromatic ring is 1. The number of nitrogens with zero attached hydrogens (tertiary/aromatic N) is 10. The number of carbonyl (C=O) groups is 2. The number of amides is 2. The Kier molecular flexibility index (Phi) is 11.0. The summed E-state index contributed by atoms with van der Waals surface area (Å²) in [6.45, 7) is 9.96. The lowest BCUT2D eigenvalue weighted by Gasteiger charge is -2.17. The molecule has 4 aromatic heterocycles. The summed E-state index contributed by atoms with van der Waals surface area (Å²) in [7, 11) is 3.24. The van der Waals surface area contributed by atoms with Crippen LogP contribution in [0.25, 0.3) is 22.1 Å². The summed E-state index contributed by atoms with van der Waals surface area (Å²) < 4.78 is 14.5. The Morgan fingerprint density at radius 3 is 1.93 bits per heavy atom. The number of ether oxygens (including phenoxy) is 2. The third-order valence-electron chi connectivity index (χ3n) is 10.7. The number of hydrogen-bond acceptors (Lipinski definition) is 12. The van der Waals surface area contributed by atoms with Gasteiger partial charge in [-0.2, -0.15) is 10.2 Å². The van der Waals surface area contributed by atoms with Crippen LogP contribution in [0.1, 0.15) is 65.0 Å². The van der Waals surface area contributed by atoms with E-state index in [1.54, 1.807) is 19.1 Å². The summed E-state index contributed by atoms with van der Waals surface area (Å²) in [6, 6.07) is 11.3. The van der Waals surface area contributed by atoms with E-state index < -0.39 is 0 Å². The minimum absolute atomic E-state index is 0.0173. The van der Waals surface area contributed by atoms with Crippen molar-refractivity contribution in [2.24, 2.45) is 0 Å². The summed E-state index contributed by atoms with van der Waals surface area (Å²) in [6.07, 6.45) is 5.80. The quantitative estimate of drug-likeness (QED) is 0.157. The summed E-state index contributed by atoms with van der Waals surface area (Å²) in [5, 5.41) is 14.4. The molecule has 6 aromatic rings. The van der Waals surface area contributed by atoms with Crippen LogP contribution in [0.3, 0.4) is 0 Å². The molecule has 16 heteroatoms. The summed E-state index contributed by atoms with van der Waals surface area (Å²) >= 11 is 0. The highest BCUT2D eigenvalue weighted by molar-refractivity contribution is 5.93. The molecular weight excluding hydrogens is 761 g/mol. The van der Waals surface area contributed by atoms with Gasteiger partial charge >= 0.3 is 0 Å². The largest absolute Gasteiger partial charge is 0.497 e. The molecule has 16 nitrogen and oxygen atoms in total. The van der Waals surface area contributed by atoms with E-state index in [2.05, 4.69) is 55.5 Å². The van der Waals surface area contributed by atoms with Gasteiger partial charge in [0.15, 0.2) is 11.3 Å². The number of hydrogen-bond donors (Lipinski definition) is 2. The Bertz CT molecular complexity index is 2790. The first-order valence-electron chi connectivity index (χ1n) is 19.6. The van der Waals surface area contributed by atoms with Gasteiger partial charge in [0.25, 0.3) is 0 Å². The number of carbonyl (C=O) groups excluding carboxylic acids is 2. The molecule has 0 unspecified atom stereocenters. The third-order valence-corrected chi connectivity index (χ3v) is 10.7. The smallest absolute Gasteiger partial charge is 0.246 e. The second-order valence-electron chi connectivity index (χ2n) is 14.8. The van der Waals surface area contributed by atoms with Crippen LogP contribution in [0, 0.1) is 37.5 Å². The van der Waals surface area contributed by atoms with E-state index in [1.807, 2.05) is 64.5 Å². The second-order valence-corrected chi connectivity index (χ2v) is 14.8. The topological polar surface area (TPSA) is 184 Å². The van der Waals surface area contributed by atoms with Gasteiger partial charge in [0.1, 0.15) is 47.2 Å². The average Bonchev–Trinajstić information content (AvgIpc) is 4.07. The van der Waals surface area contributed by atoms with Gasteiger partial charge in [0.2, 0.25) is 11.8 Å². The highest BCUT2D eigenvalue weighted by Gasteiger charge is 2.32. The van der Waals surface area contributed by atoms with Crippen molar-refractivity contribution in [1.82, 2.24) is 49.3 Å². The van der Waals surface area contributed by atoms with Crippen LogP contribution in [0.15, 0.2) is 61.7 Å². The van der Waals surface area contributed by atoms with Crippen molar-refractivity contribution in [2.45, 2.75) is 45.2 Å². The minimum atomic E-state index is -0.136. The number of anilines is 2. The molecule has 2 aliphatic heterocycles. The van der Waals surface area contributed by atoms with E-state index in [-0.39, 0.29) is 36.1 Å². The second kappa shape index (κ2) is 16.8. The summed E-state index contributed by atoms with van der Waals surface area (Å²) in [5.41, 5.74) is 12.0. The Labute approximate surface area is 346 Å². The lowest BCUT2D eigenvalue weighted by Crippen LogP contribution is -2.30. The van der Waals surface area contributed by atoms with Gasteiger partial charge < -0.3 is 30.3 Å². The van der Waals surface area contributed by atoms with E-state index in [9.17, 15) is 9.59 Å². The maximum atomic E-state index is 13.7. The number of aromatic nitrogens is 8. The molecule has 2 atom stereocenters. The zero-order valence-corrected chi connectivity index (χ0v) is 33.9. The van der Waals surface area contributed by atoms with Crippen LogP contribution >= 0.6 is 0 Å². The standard InChI is InChI=1S/C44H44N12O4/c1-6-37(57)53-15-12-31(23-53)56-44-40(36(52-56)10-8-30-18-28(3)20-34(22-30)60-5)42(48-26-50-44)46-14-11-38(58)54-16-13-32(24-54)55-43-39(41(45)47-25-49-43)35(51-55)9-7-29-17-27(2)19-33(21-29)59-4/h6,17-22,25-26,31-32H,1,11-16,23-24H2,2-5H3,(H2,45,47,49)(H,46,48,50)/t31-,32-/m0/s1. The summed E-state index contributed by atoms with van der Waals surface area (Å²) in [4.78, 5) is 47.6. The zero-order chi connectivity index (χ0) is 41.9. The molecule has 0 bridgehead atoms. The van der Waals surface area contributed by atoms with Crippen LogP contribution < -0.4 is 20.5 Å². The van der Waals surface area contributed by atoms with Crippen molar-refractivity contribution in [3.63, 3.8) is 0 Å². The van der Waals surface area contributed by atoms with Crippen molar-refractivity contribution in [1.29, 1.82) is 0 Å². The molecule has 2 amide bonds. The Morgan fingerprint density at radius 2 is 1.33 bits per heavy atom. The van der Waals surface area contributed by atoms with E-state index in [0.717, 1.165) is 28.0 Å². The number of likely N-dealkylation sites (tertiary alicyclic amines) is 2. The molecule has 2 saturated heterocycles. The average molecular weight is 805 g/mol. The Hall–Kier alpha value is -7.46. The molecule has 0 saturated carbocycles. The van der Waals surface area contributed by atoms with Crippen molar-refractivity contribution in [3.05, 3.63) is 95.3 Å². The van der Waals surface area contributed by atoms with Crippen LogP contribution in [-0.4, -0.2) is 108 Å². The fourth-order valence-electron chi connectivity index (χ4n) is 7.81. The van der Waals surface area contributed by atoms with Gasteiger partial charge in [0, 0.05) is 50.3 Å².